The minimum atomic E-state index is -1.05. The van der Waals surface area contributed by atoms with Gasteiger partial charge in [-0.3, -0.25) is 19.8 Å². The molecule has 0 rings (SSSR count). The molecule has 0 heterocycles. The average Bonchev–Trinajstić information content (AvgIpc) is 2.16. The molecule has 0 fully saturated rings. The van der Waals surface area contributed by atoms with E-state index in [1.165, 1.54) is 0 Å². The summed E-state index contributed by atoms with van der Waals surface area (Å²) in [6, 6.07) is -0.907. The molecule has 17 heavy (non-hydrogen) atoms. The molecule has 0 radical (unpaired) electrons. The Bertz CT molecular complexity index is 315. The number of hydrogen-bond acceptors (Lipinski definition) is 4. The summed E-state index contributed by atoms with van der Waals surface area (Å²) in [5, 5.41) is 11.0. The summed E-state index contributed by atoms with van der Waals surface area (Å²) in [6.45, 7) is 5.66. The lowest BCUT2D eigenvalue weighted by atomic mass is 10.0. The first-order chi connectivity index (χ1) is 7.71. The molecule has 0 saturated heterocycles. The molecular formula is C10H19N3O4. The number of imide groups is 1. The number of likely N-dealkylation sites (N-methyl/N-ethyl adjacent to an activating group) is 1. The van der Waals surface area contributed by atoms with Crippen molar-refractivity contribution in [2.24, 2.45) is 5.73 Å². The van der Waals surface area contributed by atoms with E-state index in [1.807, 2.05) is 5.32 Å². The van der Waals surface area contributed by atoms with Crippen molar-refractivity contribution in [2.45, 2.75) is 32.7 Å². The lowest BCUT2D eigenvalue weighted by Crippen LogP contribution is -2.51. The fourth-order valence-electron chi connectivity index (χ4n) is 1.40. The first kappa shape index (κ1) is 15.4. The van der Waals surface area contributed by atoms with Crippen LogP contribution in [0.15, 0.2) is 0 Å². The van der Waals surface area contributed by atoms with Crippen LogP contribution in [-0.2, 0) is 9.59 Å². The number of carbonyl (C=O) groups excluding carboxylic acids is 2. The van der Waals surface area contributed by atoms with Crippen molar-refractivity contribution >= 4 is 17.9 Å². The topological polar surface area (TPSA) is 113 Å². The van der Waals surface area contributed by atoms with Crippen molar-refractivity contribution < 1.29 is 19.5 Å². The predicted molar refractivity (Wildman–Crippen MR) is 61.3 cm³/mol. The summed E-state index contributed by atoms with van der Waals surface area (Å²) in [6.07, 6.45) is 0.0213. The molecule has 0 unspecified atom stereocenters. The lowest BCUT2D eigenvalue weighted by molar-refractivity contribution is -0.149. The quantitative estimate of drug-likeness (QED) is 0.597. The molecule has 0 aromatic rings. The van der Waals surface area contributed by atoms with Crippen molar-refractivity contribution in [1.29, 1.82) is 0 Å². The molecule has 0 aliphatic rings. The molecule has 4 N–H and O–H groups in total. The summed E-state index contributed by atoms with van der Waals surface area (Å²) >= 11 is 0. The van der Waals surface area contributed by atoms with Gasteiger partial charge < -0.3 is 10.8 Å². The third-order valence-electron chi connectivity index (χ3n) is 2.57. The van der Waals surface area contributed by atoms with E-state index >= 15 is 0 Å². The van der Waals surface area contributed by atoms with Crippen molar-refractivity contribution in [2.75, 3.05) is 13.1 Å². The number of nitrogens with two attached hydrogens (primary N) is 1. The second kappa shape index (κ2) is 6.19. The maximum atomic E-state index is 11.2. The van der Waals surface area contributed by atoms with Crippen molar-refractivity contribution in [1.82, 2.24) is 10.2 Å². The van der Waals surface area contributed by atoms with Crippen LogP contribution >= 0.6 is 0 Å². The molecule has 0 aromatic heterocycles. The van der Waals surface area contributed by atoms with Gasteiger partial charge in [-0.15, -0.1) is 0 Å². The minimum absolute atomic E-state index is 0.0213. The summed E-state index contributed by atoms with van der Waals surface area (Å²) in [7, 11) is 0. The van der Waals surface area contributed by atoms with Crippen molar-refractivity contribution in [3.05, 3.63) is 0 Å². The van der Waals surface area contributed by atoms with Crippen molar-refractivity contribution in [3.8, 4) is 0 Å². The van der Waals surface area contributed by atoms with E-state index in [0.29, 0.717) is 6.54 Å². The molecule has 0 atom stereocenters. The number of hydrogen-bond donors (Lipinski definition) is 3. The number of carboxylic acids is 1. The van der Waals surface area contributed by atoms with Crippen LogP contribution in [0.4, 0.5) is 4.79 Å². The number of carbonyl (C=O) groups is 3. The highest BCUT2D eigenvalue weighted by molar-refractivity contribution is 5.93. The summed E-state index contributed by atoms with van der Waals surface area (Å²) < 4.78 is 0. The number of rotatable bonds is 6. The Kier molecular flexibility index (Phi) is 5.60. The number of amides is 3. The Morgan fingerprint density at radius 2 is 1.88 bits per heavy atom. The fraction of sp³-hybridized carbons (Fsp3) is 0.700. The standard InChI is InChI=1S/C10H19N3O4/c1-4-13(10(2,3)8(15)16)6-5-7(14)12-9(11)17/h4-6H2,1-3H3,(H,15,16)(H3,11,12,14,17). The highest BCUT2D eigenvalue weighted by atomic mass is 16.4. The van der Waals surface area contributed by atoms with Crippen LogP contribution in [0, 0.1) is 0 Å². The molecule has 0 aliphatic carbocycles. The lowest BCUT2D eigenvalue weighted by Gasteiger charge is -2.33. The maximum Gasteiger partial charge on any atom is 0.323 e. The van der Waals surface area contributed by atoms with Gasteiger partial charge in [0.1, 0.15) is 5.54 Å². The molecule has 98 valence electrons. The second-order valence-electron chi connectivity index (χ2n) is 4.11. The second-order valence-corrected chi connectivity index (χ2v) is 4.11. The Hall–Kier alpha value is -1.63. The number of urea groups is 1. The van der Waals surface area contributed by atoms with Gasteiger partial charge in [-0.2, -0.15) is 0 Å². The van der Waals surface area contributed by atoms with Crippen LogP contribution in [0.25, 0.3) is 0 Å². The largest absolute Gasteiger partial charge is 0.480 e. The number of aliphatic carboxylic acids is 1. The van der Waals surface area contributed by atoms with Gasteiger partial charge in [0.15, 0.2) is 0 Å². The fourth-order valence-corrected chi connectivity index (χ4v) is 1.40. The van der Waals surface area contributed by atoms with E-state index in [2.05, 4.69) is 0 Å². The summed E-state index contributed by atoms with van der Waals surface area (Å²) in [5.74, 6) is -1.48. The average molecular weight is 245 g/mol. The van der Waals surface area contributed by atoms with Crippen LogP contribution < -0.4 is 11.1 Å². The van der Waals surface area contributed by atoms with Crippen LogP contribution in [0.3, 0.4) is 0 Å². The highest BCUT2D eigenvalue weighted by Gasteiger charge is 2.33. The third-order valence-corrected chi connectivity index (χ3v) is 2.57. The van der Waals surface area contributed by atoms with Gasteiger partial charge in [0.2, 0.25) is 5.91 Å². The summed E-state index contributed by atoms with van der Waals surface area (Å²) in [4.78, 5) is 34.3. The number of primary amides is 1. The van der Waals surface area contributed by atoms with Crippen LogP contribution in [-0.4, -0.2) is 46.5 Å². The normalized spacial score (nSPS) is 11.3. The van der Waals surface area contributed by atoms with E-state index in [1.54, 1.807) is 25.7 Å². The van der Waals surface area contributed by atoms with Crippen molar-refractivity contribution in [3.63, 3.8) is 0 Å². The minimum Gasteiger partial charge on any atom is -0.480 e. The molecule has 0 aromatic carbocycles. The first-order valence-corrected chi connectivity index (χ1v) is 5.29. The van der Waals surface area contributed by atoms with Gasteiger partial charge >= 0.3 is 12.0 Å². The monoisotopic (exact) mass is 245 g/mol. The van der Waals surface area contributed by atoms with Gasteiger partial charge in [0, 0.05) is 13.0 Å². The zero-order valence-corrected chi connectivity index (χ0v) is 10.3. The Morgan fingerprint density at radius 1 is 1.35 bits per heavy atom. The Balaban J connectivity index is 4.38. The molecule has 3 amide bonds. The molecule has 0 aliphatic heterocycles. The van der Waals surface area contributed by atoms with Gasteiger partial charge in [0.25, 0.3) is 0 Å². The predicted octanol–water partition coefficient (Wildman–Crippen LogP) is -0.243. The van der Waals surface area contributed by atoms with E-state index in [0.717, 1.165) is 0 Å². The number of nitrogens with one attached hydrogen (secondary N) is 1. The highest BCUT2D eigenvalue weighted by Crippen LogP contribution is 2.14. The maximum absolute atomic E-state index is 11.2. The van der Waals surface area contributed by atoms with Gasteiger partial charge in [-0.05, 0) is 20.4 Å². The first-order valence-electron chi connectivity index (χ1n) is 5.29. The van der Waals surface area contributed by atoms with E-state index in [-0.39, 0.29) is 13.0 Å². The molecule has 0 bridgehead atoms. The van der Waals surface area contributed by atoms with Gasteiger partial charge in [-0.25, -0.2) is 4.79 Å². The summed E-state index contributed by atoms with van der Waals surface area (Å²) in [5.41, 5.74) is 3.73. The molecule has 0 spiro atoms. The van der Waals surface area contributed by atoms with Crippen LogP contribution in [0.2, 0.25) is 0 Å². The molecule has 7 nitrogen and oxygen atoms in total. The van der Waals surface area contributed by atoms with Gasteiger partial charge in [0.05, 0.1) is 0 Å². The number of nitrogens with zero attached hydrogens (tertiary/aromatic N) is 1. The number of carboxylic acid groups (broad SMARTS) is 1. The Labute approximate surface area is 100.0 Å². The van der Waals surface area contributed by atoms with E-state index in [9.17, 15) is 14.4 Å². The Morgan fingerprint density at radius 3 is 2.24 bits per heavy atom. The molecular weight excluding hydrogens is 226 g/mol. The molecule has 0 saturated carbocycles. The van der Waals surface area contributed by atoms with Crippen LogP contribution in [0.5, 0.6) is 0 Å². The van der Waals surface area contributed by atoms with E-state index < -0.39 is 23.4 Å². The van der Waals surface area contributed by atoms with Gasteiger partial charge in [-0.1, -0.05) is 6.92 Å². The SMILES string of the molecule is CCN(CCC(=O)NC(N)=O)C(C)(C)C(=O)O. The van der Waals surface area contributed by atoms with E-state index in [4.69, 9.17) is 10.8 Å². The zero-order valence-electron chi connectivity index (χ0n) is 10.3. The third kappa shape index (κ3) is 4.81. The molecule has 7 heteroatoms. The van der Waals surface area contributed by atoms with Crippen LogP contribution in [0.1, 0.15) is 27.2 Å². The smallest absolute Gasteiger partial charge is 0.323 e. The zero-order chi connectivity index (χ0) is 13.6.